The van der Waals surface area contributed by atoms with Gasteiger partial charge in [-0.25, -0.2) is 4.79 Å². The van der Waals surface area contributed by atoms with Crippen LogP contribution < -0.4 is 5.56 Å². The van der Waals surface area contributed by atoms with Crippen LogP contribution in [-0.4, -0.2) is 22.8 Å². The maximum atomic E-state index is 12.3. The molecule has 24 heavy (non-hydrogen) atoms. The van der Waals surface area contributed by atoms with Gasteiger partial charge in [0.1, 0.15) is 5.75 Å². The van der Waals surface area contributed by atoms with Crippen LogP contribution in [0.3, 0.4) is 0 Å². The summed E-state index contributed by atoms with van der Waals surface area (Å²) in [5.41, 5.74) is 2.57. The lowest BCUT2D eigenvalue weighted by atomic mass is 9.77. The van der Waals surface area contributed by atoms with Crippen molar-refractivity contribution >= 4 is 11.7 Å². The number of aromatic hydroxyl groups is 1. The summed E-state index contributed by atoms with van der Waals surface area (Å²) in [6.07, 6.45) is 4.37. The molecular weight excluding hydrogens is 306 g/mol. The zero-order valence-corrected chi connectivity index (χ0v) is 13.9. The van der Waals surface area contributed by atoms with Crippen LogP contribution in [0.25, 0.3) is 5.70 Å². The van der Waals surface area contributed by atoms with E-state index in [2.05, 4.69) is 13.8 Å². The SMILES string of the molecule is COC(=O)c1ccc2c(c1)C(n1ccc(O)cc1=O)=CC(C)(C)C2. The van der Waals surface area contributed by atoms with E-state index in [4.69, 9.17) is 4.74 Å². The van der Waals surface area contributed by atoms with Crippen molar-refractivity contribution in [3.8, 4) is 5.75 Å². The monoisotopic (exact) mass is 325 g/mol. The average Bonchev–Trinajstić information content (AvgIpc) is 2.52. The molecule has 0 saturated carbocycles. The minimum Gasteiger partial charge on any atom is -0.508 e. The molecule has 0 amide bonds. The number of hydrogen-bond donors (Lipinski definition) is 1. The van der Waals surface area contributed by atoms with Crippen LogP contribution >= 0.6 is 0 Å². The molecule has 0 bridgehead atoms. The van der Waals surface area contributed by atoms with Crippen molar-refractivity contribution in [1.82, 2.24) is 4.57 Å². The van der Waals surface area contributed by atoms with Gasteiger partial charge in [0.2, 0.25) is 0 Å². The number of esters is 1. The predicted molar refractivity (Wildman–Crippen MR) is 91.0 cm³/mol. The molecule has 0 saturated heterocycles. The van der Waals surface area contributed by atoms with E-state index >= 15 is 0 Å². The number of rotatable bonds is 2. The predicted octanol–water partition coefficient (Wildman–Crippen LogP) is 2.81. The smallest absolute Gasteiger partial charge is 0.337 e. The zero-order valence-electron chi connectivity index (χ0n) is 13.9. The fraction of sp³-hybridized carbons (Fsp3) is 0.263. The number of ether oxygens (including phenoxy) is 1. The van der Waals surface area contributed by atoms with E-state index < -0.39 is 5.97 Å². The highest BCUT2D eigenvalue weighted by Gasteiger charge is 2.27. The minimum atomic E-state index is -0.417. The van der Waals surface area contributed by atoms with Gasteiger partial charge in [-0.2, -0.15) is 0 Å². The number of aromatic nitrogens is 1. The fourth-order valence-corrected chi connectivity index (χ4v) is 3.07. The molecule has 5 nitrogen and oxygen atoms in total. The van der Waals surface area contributed by atoms with Crippen LogP contribution in [0.15, 0.2) is 47.4 Å². The first-order valence-corrected chi connectivity index (χ1v) is 7.67. The van der Waals surface area contributed by atoms with E-state index in [0.29, 0.717) is 11.3 Å². The highest BCUT2D eigenvalue weighted by molar-refractivity contribution is 5.91. The molecule has 0 fully saturated rings. The summed E-state index contributed by atoms with van der Waals surface area (Å²) < 4.78 is 6.28. The van der Waals surface area contributed by atoms with E-state index in [9.17, 15) is 14.7 Å². The standard InChI is InChI=1S/C19H19NO4/c1-19(2)10-13-5-4-12(18(23)24-3)8-15(13)16(11-19)20-7-6-14(21)9-17(20)22/h4-9,11,21H,10H2,1-3H3. The topological polar surface area (TPSA) is 68.5 Å². The number of hydrogen-bond acceptors (Lipinski definition) is 4. The molecule has 0 atom stereocenters. The van der Waals surface area contributed by atoms with Gasteiger partial charge in [0.05, 0.1) is 18.4 Å². The second kappa shape index (κ2) is 5.67. The third-order valence-corrected chi connectivity index (χ3v) is 4.14. The number of carbonyl (C=O) groups is 1. The van der Waals surface area contributed by atoms with Gasteiger partial charge < -0.3 is 9.84 Å². The number of methoxy groups -OCH3 is 1. The van der Waals surface area contributed by atoms with E-state index in [-0.39, 0.29) is 16.7 Å². The Morgan fingerprint density at radius 2 is 2.00 bits per heavy atom. The third kappa shape index (κ3) is 2.85. The van der Waals surface area contributed by atoms with E-state index in [1.165, 1.54) is 23.8 Å². The van der Waals surface area contributed by atoms with E-state index in [1.54, 1.807) is 18.3 Å². The Morgan fingerprint density at radius 1 is 1.25 bits per heavy atom. The van der Waals surface area contributed by atoms with Gasteiger partial charge in [-0.1, -0.05) is 26.0 Å². The Balaban J connectivity index is 2.23. The molecule has 1 aromatic carbocycles. The summed E-state index contributed by atoms with van der Waals surface area (Å²) in [5.74, 6) is -0.490. The molecule has 0 unspecified atom stereocenters. The van der Waals surface area contributed by atoms with Crippen molar-refractivity contribution in [2.75, 3.05) is 7.11 Å². The second-order valence-electron chi connectivity index (χ2n) is 6.65. The highest BCUT2D eigenvalue weighted by atomic mass is 16.5. The summed E-state index contributed by atoms with van der Waals surface area (Å²) in [7, 11) is 1.34. The molecule has 1 aliphatic carbocycles. The summed E-state index contributed by atoms with van der Waals surface area (Å²) in [5, 5.41) is 9.49. The van der Waals surface area contributed by atoms with E-state index in [1.807, 2.05) is 12.1 Å². The molecule has 0 spiro atoms. The highest BCUT2D eigenvalue weighted by Crippen LogP contribution is 2.37. The van der Waals surface area contributed by atoms with Gasteiger partial charge in [0, 0.05) is 17.8 Å². The molecule has 1 N–H and O–H groups in total. The Hall–Kier alpha value is -2.82. The van der Waals surface area contributed by atoms with Crippen molar-refractivity contribution in [1.29, 1.82) is 0 Å². The molecule has 124 valence electrons. The first-order chi connectivity index (χ1) is 11.3. The maximum absolute atomic E-state index is 12.3. The molecule has 0 radical (unpaired) electrons. The van der Waals surface area contributed by atoms with Gasteiger partial charge in [-0.05, 0) is 35.6 Å². The van der Waals surface area contributed by atoms with Crippen LogP contribution in [0, 0.1) is 5.41 Å². The quantitative estimate of drug-likeness (QED) is 0.862. The largest absolute Gasteiger partial charge is 0.508 e. The maximum Gasteiger partial charge on any atom is 0.337 e. The molecule has 5 heteroatoms. The van der Waals surface area contributed by atoms with Crippen LogP contribution in [-0.2, 0) is 11.2 Å². The van der Waals surface area contributed by atoms with Gasteiger partial charge in [0.15, 0.2) is 0 Å². The summed E-state index contributed by atoms with van der Waals surface area (Å²) in [4.78, 5) is 24.1. The summed E-state index contributed by atoms with van der Waals surface area (Å²) >= 11 is 0. The molecule has 3 rings (SSSR count). The van der Waals surface area contributed by atoms with Crippen molar-refractivity contribution in [3.63, 3.8) is 0 Å². The molecule has 1 aromatic heterocycles. The summed E-state index contributed by atoms with van der Waals surface area (Å²) in [6.45, 7) is 4.19. The van der Waals surface area contributed by atoms with Crippen molar-refractivity contribution in [3.05, 3.63) is 69.6 Å². The van der Waals surface area contributed by atoms with Crippen molar-refractivity contribution < 1.29 is 14.6 Å². The Bertz CT molecular complexity index is 906. The van der Waals surface area contributed by atoms with Gasteiger partial charge >= 0.3 is 5.97 Å². The first-order valence-electron chi connectivity index (χ1n) is 7.67. The zero-order chi connectivity index (χ0) is 17.5. The minimum absolute atomic E-state index is 0.0737. The normalized spacial score (nSPS) is 15.4. The van der Waals surface area contributed by atoms with Crippen LogP contribution in [0.5, 0.6) is 5.75 Å². The Kier molecular flexibility index (Phi) is 3.79. The molecule has 1 heterocycles. The Morgan fingerprint density at radius 3 is 2.67 bits per heavy atom. The first kappa shape index (κ1) is 16.1. The molecule has 1 aliphatic rings. The number of pyridine rings is 1. The average molecular weight is 325 g/mol. The lowest BCUT2D eigenvalue weighted by Gasteiger charge is -2.30. The van der Waals surface area contributed by atoms with Gasteiger partial charge in [-0.15, -0.1) is 0 Å². The lowest BCUT2D eigenvalue weighted by molar-refractivity contribution is 0.0600. The third-order valence-electron chi connectivity index (χ3n) is 4.14. The van der Waals surface area contributed by atoms with E-state index in [0.717, 1.165) is 17.5 Å². The summed E-state index contributed by atoms with van der Waals surface area (Å²) in [6, 6.07) is 8.03. The number of benzene rings is 1. The molecule has 2 aromatic rings. The molecule has 0 aliphatic heterocycles. The Labute approximate surface area is 139 Å². The number of allylic oxidation sites excluding steroid dienone is 1. The van der Waals surface area contributed by atoms with Crippen LogP contribution in [0.4, 0.5) is 0 Å². The number of nitrogens with zero attached hydrogens (tertiary/aromatic N) is 1. The lowest BCUT2D eigenvalue weighted by Crippen LogP contribution is -2.25. The fourth-order valence-electron chi connectivity index (χ4n) is 3.07. The molecular formula is C19H19NO4. The van der Waals surface area contributed by atoms with Crippen LogP contribution in [0.2, 0.25) is 0 Å². The second-order valence-corrected chi connectivity index (χ2v) is 6.65. The van der Waals surface area contributed by atoms with Crippen molar-refractivity contribution in [2.45, 2.75) is 20.3 Å². The van der Waals surface area contributed by atoms with Gasteiger partial charge in [0.25, 0.3) is 5.56 Å². The number of carbonyl (C=O) groups excluding carboxylic acids is 1. The van der Waals surface area contributed by atoms with Crippen LogP contribution in [0.1, 0.15) is 35.3 Å². The van der Waals surface area contributed by atoms with Gasteiger partial charge in [-0.3, -0.25) is 9.36 Å². The number of fused-ring (bicyclic) bond motifs is 1. The van der Waals surface area contributed by atoms with Crippen molar-refractivity contribution in [2.24, 2.45) is 5.41 Å².